The predicted octanol–water partition coefficient (Wildman–Crippen LogP) is 2.67. The summed E-state index contributed by atoms with van der Waals surface area (Å²) in [6.07, 6.45) is 0. The maximum Gasteiger partial charge on any atom is 0.241 e. The smallest absolute Gasteiger partial charge is 0.241 e. The van der Waals surface area contributed by atoms with Crippen molar-refractivity contribution in [3.63, 3.8) is 0 Å². The second-order valence-electron chi connectivity index (χ2n) is 6.75. The van der Waals surface area contributed by atoms with Crippen LogP contribution >= 0.6 is 0 Å². The third kappa shape index (κ3) is 4.01. The molecule has 0 aliphatic carbocycles. The molecule has 24 heavy (non-hydrogen) atoms. The number of furan rings is 1. The number of anilines is 1. The van der Waals surface area contributed by atoms with Crippen LogP contribution in [0.4, 0.5) is 5.69 Å². The van der Waals surface area contributed by atoms with E-state index >= 15 is 0 Å². The van der Waals surface area contributed by atoms with E-state index in [1.54, 1.807) is 50.9 Å². The highest BCUT2D eigenvalue weighted by atomic mass is 16.3. The molecule has 0 bridgehead atoms. The minimum atomic E-state index is -0.907. The van der Waals surface area contributed by atoms with Gasteiger partial charge in [0.05, 0.1) is 17.3 Å². The van der Waals surface area contributed by atoms with Gasteiger partial charge >= 0.3 is 0 Å². The van der Waals surface area contributed by atoms with Gasteiger partial charge in [0.15, 0.2) is 11.5 Å². The van der Waals surface area contributed by atoms with Crippen molar-refractivity contribution in [1.82, 2.24) is 4.90 Å². The number of hydrogen-bond acceptors (Lipinski definition) is 5. The molecule has 0 spiro atoms. The number of carbonyl (C=O) groups is 2. The van der Waals surface area contributed by atoms with E-state index in [0.717, 1.165) is 0 Å². The van der Waals surface area contributed by atoms with Gasteiger partial charge in [0.1, 0.15) is 5.58 Å². The first-order chi connectivity index (χ1) is 11.1. The van der Waals surface area contributed by atoms with Gasteiger partial charge in [-0.25, -0.2) is 0 Å². The highest BCUT2D eigenvalue weighted by Crippen LogP contribution is 2.31. The summed E-state index contributed by atoms with van der Waals surface area (Å²) < 4.78 is 5.56. The topological polar surface area (TPSA) is 82.8 Å². The number of nitrogens with zero attached hydrogens (tertiary/aromatic N) is 1. The van der Waals surface area contributed by atoms with E-state index in [2.05, 4.69) is 5.32 Å². The lowest BCUT2D eigenvalue weighted by atomic mass is 10.1. The predicted molar refractivity (Wildman–Crippen MR) is 93.2 cm³/mol. The Hall–Kier alpha value is -2.18. The maximum absolute atomic E-state index is 12.6. The minimum Gasteiger partial charge on any atom is -0.451 e. The number of benzene rings is 1. The first kappa shape index (κ1) is 18.2. The van der Waals surface area contributed by atoms with Gasteiger partial charge in [-0.05, 0) is 40.0 Å². The van der Waals surface area contributed by atoms with Gasteiger partial charge in [-0.1, -0.05) is 12.1 Å². The summed E-state index contributed by atoms with van der Waals surface area (Å²) in [7, 11) is 1.77. The molecule has 6 heteroatoms. The van der Waals surface area contributed by atoms with Crippen LogP contribution in [-0.4, -0.2) is 46.9 Å². The Kier molecular flexibility index (Phi) is 5.11. The third-order valence-electron chi connectivity index (χ3n) is 3.84. The Morgan fingerprint density at radius 2 is 1.96 bits per heavy atom. The average molecular weight is 332 g/mol. The number of nitrogens with one attached hydrogen (secondary N) is 1. The summed E-state index contributed by atoms with van der Waals surface area (Å²) in [5.41, 5.74) is 0.0398. The molecule has 6 nitrogen and oxygen atoms in total. The monoisotopic (exact) mass is 332 g/mol. The SMILES string of the molecule is CC(=O)c1oc2ccccc2c1NC(=O)C(C)N(C)CC(C)(C)O. The number of likely N-dealkylation sites (N-methyl/N-ethyl adjacent to an activating group) is 1. The lowest BCUT2D eigenvalue weighted by Gasteiger charge is -2.29. The molecule has 1 atom stereocenters. The summed E-state index contributed by atoms with van der Waals surface area (Å²) >= 11 is 0. The lowest BCUT2D eigenvalue weighted by molar-refractivity contribution is -0.121. The van der Waals surface area contributed by atoms with Crippen LogP contribution in [0.1, 0.15) is 38.2 Å². The number of rotatable bonds is 6. The first-order valence-corrected chi connectivity index (χ1v) is 7.86. The fraction of sp³-hybridized carbons (Fsp3) is 0.444. The van der Waals surface area contributed by atoms with E-state index in [-0.39, 0.29) is 17.5 Å². The number of ketones is 1. The Bertz CT molecular complexity index is 758. The first-order valence-electron chi connectivity index (χ1n) is 7.86. The summed E-state index contributed by atoms with van der Waals surface area (Å²) in [5.74, 6) is -0.378. The molecule has 0 radical (unpaired) electrons. The molecular formula is C18H24N2O4. The second-order valence-corrected chi connectivity index (χ2v) is 6.75. The standard InChI is InChI=1S/C18H24N2O4/c1-11(20(5)10-18(3,4)23)17(22)19-15-13-8-6-7-9-14(13)24-16(15)12(2)21/h6-9,11,23H,10H2,1-5H3,(H,19,22). The van der Waals surface area contributed by atoms with Gasteiger partial charge in [-0.2, -0.15) is 0 Å². The van der Waals surface area contributed by atoms with Crippen molar-refractivity contribution < 1.29 is 19.1 Å². The number of amides is 1. The van der Waals surface area contributed by atoms with Crippen molar-refractivity contribution in [2.24, 2.45) is 0 Å². The summed E-state index contributed by atoms with van der Waals surface area (Å²) in [6.45, 7) is 6.86. The molecule has 2 aromatic rings. The van der Waals surface area contributed by atoms with Crippen LogP contribution in [-0.2, 0) is 4.79 Å². The van der Waals surface area contributed by atoms with Crippen molar-refractivity contribution in [3.05, 3.63) is 30.0 Å². The Morgan fingerprint density at radius 1 is 1.33 bits per heavy atom. The minimum absolute atomic E-state index is 0.141. The highest BCUT2D eigenvalue weighted by molar-refractivity contribution is 6.11. The van der Waals surface area contributed by atoms with Crippen molar-refractivity contribution in [3.8, 4) is 0 Å². The van der Waals surface area contributed by atoms with Gasteiger partial charge in [0, 0.05) is 18.9 Å². The van der Waals surface area contributed by atoms with E-state index in [1.807, 2.05) is 6.07 Å². The Labute approximate surface area is 141 Å². The van der Waals surface area contributed by atoms with E-state index in [0.29, 0.717) is 23.2 Å². The molecule has 0 saturated heterocycles. The number of para-hydroxylation sites is 1. The van der Waals surface area contributed by atoms with Crippen molar-refractivity contribution >= 4 is 28.3 Å². The van der Waals surface area contributed by atoms with Crippen molar-refractivity contribution in [2.45, 2.75) is 39.3 Å². The van der Waals surface area contributed by atoms with E-state index in [9.17, 15) is 14.7 Å². The maximum atomic E-state index is 12.6. The molecule has 1 unspecified atom stereocenters. The normalized spacial score (nSPS) is 13.3. The van der Waals surface area contributed by atoms with Crippen molar-refractivity contribution in [2.75, 3.05) is 18.9 Å². The molecule has 0 aliphatic rings. The van der Waals surface area contributed by atoms with Crippen LogP contribution in [0.25, 0.3) is 11.0 Å². The second kappa shape index (κ2) is 6.75. The van der Waals surface area contributed by atoms with Gasteiger partial charge in [0.2, 0.25) is 5.91 Å². The zero-order valence-electron chi connectivity index (χ0n) is 14.7. The summed E-state index contributed by atoms with van der Waals surface area (Å²) in [5, 5.41) is 13.4. The summed E-state index contributed by atoms with van der Waals surface area (Å²) in [6, 6.07) is 6.69. The zero-order chi connectivity index (χ0) is 18.1. The van der Waals surface area contributed by atoms with Crippen LogP contribution < -0.4 is 5.32 Å². The van der Waals surface area contributed by atoms with Gasteiger partial charge in [-0.15, -0.1) is 0 Å². The van der Waals surface area contributed by atoms with Crippen molar-refractivity contribution in [1.29, 1.82) is 0 Å². The number of hydrogen-bond donors (Lipinski definition) is 2. The lowest BCUT2D eigenvalue weighted by Crippen LogP contribution is -2.46. The fourth-order valence-corrected chi connectivity index (χ4v) is 2.59. The molecule has 0 saturated carbocycles. The van der Waals surface area contributed by atoms with Gasteiger partial charge < -0.3 is 14.8 Å². The Balaban J connectivity index is 2.27. The van der Waals surface area contributed by atoms with Crippen LogP contribution in [0, 0.1) is 0 Å². The number of aliphatic hydroxyl groups is 1. The fourth-order valence-electron chi connectivity index (χ4n) is 2.59. The molecule has 1 aromatic heterocycles. The van der Waals surface area contributed by atoms with E-state index in [4.69, 9.17) is 4.42 Å². The quantitative estimate of drug-likeness (QED) is 0.795. The van der Waals surface area contributed by atoms with Gasteiger partial charge in [0.25, 0.3) is 0 Å². The molecule has 2 N–H and O–H groups in total. The molecule has 1 amide bonds. The third-order valence-corrected chi connectivity index (χ3v) is 3.84. The van der Waals surface area contributed by atoms with Crippen LogP contribution in [0.2, 0.25) is 0 Å². The molecule has 1 aromatic carbocycles. The Morgan fingerprint density at radius 3 is 2.54 bits per heavy atom. The van der Waals surface area contributed by atoms with E-state index in [1.165, 1.54) is 6.92 Å². The van der Waals surface area contributed by atoms with Crippen LogP contribution in [0.15, 0.2) is 28.7 Å². The molecule has 130 valence electrons. The molecule has 0 aliphatic heterocycles. The van der Waals surface area contributed by atoms with Gasteiger partial charge in [-0.3, -0.25) is 14.5 Å². The summed E-state index contributed by atoms with van der Waals surface area (Å²) in [4.78, 5) is 26.1. The molecule has 1 heterocycles. The molecule has 0 fully saturated rings. The van der Waals surface area contributed by atoms with Crippen LogP contribution in [0.3, 0.4) is 0 Å². The van der Waals surface area contributed by atoms with Crippen LogP contribution in [0.5, 0.6) is 0 Å². The molecular weight excluding hydrogens is 308 g/mol. The largest absolute Gasteiger partial charge is 0.451 e. The highest BCUT2D eigenvalue weighted by Gasteiger charge is 2.26. The number of fused-ring (bicyclic) bond motifs is 1. The molecule has 2 rings (SSSR count). The number of Topliss-reactive ketones (excluding diaryl/α,β-unsaturated/α-hetero) is 1. The number of carbonyl (C=O) groups excluding carboxylic acids is 2. The van der Waals surface area contributed by atoms with E-state index < -0.39 is 11.6 Å². The zero-order valence-corrected chi connectivity index (χ0v) is 14.7. The average Bonchev–Trinajstić information content (AvgIpc) is 2.84.